The van der Waals surface area contributed by atoms with Gasteiger partial charge in [0.1, 0.15) is 0 Å². The van der Waals surface area contributed by atoms with E-state index in [1.807, 2.05) is 0 Å². The van der Waals surface area contributed by atoms with Gasteiger partial charge < -0.3 is 0 Å². The van der Waals surface area contributed by atoms with Crippen molar-refractivity contribution in [3.8, 4) is 9.75 Å². The van der Waals surface area contributed by atoms with Crippen LogP contribution in [0.1, 0.15) is 204 Å². The molecule has 42 heavy (non-hydrogen) atoms. The second kappa shape index (κ2) is 25.7. The third-order valence-electron chi connectivity index (χ3n) is 9.33. The summed E-state index contributed by atoms with van der Waals surface area (Å²) in [6, 6.07) is 0. The van der Waals surface area contributed by atoms with Crippen LogP contribution in [0.5, 0.6) is 0 Å². The molecule has 0 aromatic carbocycles. The highest BCUT2D eigenvalue weighted by Crippen LogP contribution is 2.42. The molecule has 0 N–H and O–H groups in total. The summed E-state index contributed by atoms with van der Waals surface area (Å²) >= 11 is 4.20. The van der Waals surface area contributed by atoms with Crippen molar-refractivity contribution in [2.75, 3.05) is 0 Å². The Morgan fingerprint density at radius 3 is 0.905 bits per heavy atom. The molecule has 0 saturated heterocycles. The Labute approximate surface area is 271 Å². The van der Waals surface area contributed by atoms with Crippen molar-refractivity contribution < 1.29 is 0 Å². The predicted molar refractivity (Wildman–Crippen MR) is 196 cm³/mol. The van der Waals surface area contributed by atoms with Crippen LogP contribution in [0, 0.1) is 0 Å². The first-order valence-corrected chi connectivity index (χ1v) is 20.7. The summed E-state index contributed by atoms with van der Waals surface area (Å²) in [7, 11) is 0. The van der Waals surface area contributed by atoms with E-state index < -0.39 is 0 Å². The molecule has 2 heteroatoms. The first-order chi connectivity index (χ1) is 20.8. The summed E-state index contributed by atoms with van der Waals surface area (Å²) in [5.74, 6) is 0. The molecule has 0 aliphatic heterocycles. The average molecular weight is 615 g/mol. The van der Waals surface area contributed by atoms with Crippen LogP contribution in [0.2, 0.25) is 0 Å². The number of rotatable bonds is 29. The van der Waals surface area contributed by atoms with Gasteiger partial charge >= 0.3 is 0 Å². The molecule has 0 amide bonds. The number of thiophene rings is 2. The first-order valence-electron chi connectivity index (χ1n) is 18.9. The molecule has 0 radical (unpaired) electrons. The zero-order chi connectivity index (χ0) is 30.1. The minimum atomic E-state index is 1.30. The Kier molecular flexibility index (Phi) is 23.0. The Morgan fingerprint density at radius 1 is 0.333 bits per heavy atom. The fourth-order valence-corrected chi connectivity index (χ4v) is 9.08. The summed E-state index contributed by atoms with van der Waals surface area (Å²) in [5.41, 5.74) is 6.91. The molecule has 0 aliphatic carbocycles. The molecular weight excluding hydrogens is 545 g/mol. The summed E-state index contributed by atoms with van der Waals surface area (Å²) < 4.78 is 0. The molecule has 0 fully saturated rings. The monoisotopic (exact) mass is 614 g/mol. The van der Waals surface area contributed by atoms with E-state index in [-0.39, 0.29) is 0 Å². The van der Waals surface area contributed by atoms with E-state index in [2.05, 4.69) is 61.1 Å². The Balaban J connectivity index is 2.16. The van der Waals surface area contributed by atoms with Crippen LogP contribution in [-0.4, -0.2) is 0 Å². The lowest BCUT2D eigenvalue weighted by Crippen LogP contribution is -1.97. The largest absolute Gasteiger partial charge is 0.142 e. The molecule has 0 atom stereocenters. The predicted octanol–water partition coefficient (Wildman–Crippen LogP) is 15.1. The van der Waals surface area contributed by atoms with Crippen LogP contribution < -0.4 is 0 Å². The van der Waals surface area contributed by atoms with E-state index in [0.29, 0.717) is 0 Å². The number of hydrogen-bond acceptors (Lipinski definition) is 2. The van der Waals surface area contributed by atoms with Crippen molar-refractivity contribution in [3.05, 3.63) is 33.0 Å². The van der Waals surface area contributed by atoms with Gasteiger partial charge in [-0.25, -0.2) is 0 Å². The van der Waals surface area contributed by atoms with Gasteiger partial charge in [-0.05, 0) is 84.4 Å². The highest BCUT2D eigenvalue weighted by atomic mass is 32.1. The molecule has 0 bridgehead atoms. The topological polar surface area (TPSA) is 0 Å². The number of unbranched alkanes of at least 4 members (excludes halogenated alkanes) is 20. The van der Waals surface area contributed by atoms with Gasteiger partial charge in [-0.3, -0.25) is 0 Å². The van der Waals surface area contributed by atoms with Gasteiger partial charge in [-0.1, -0.05) is 156 Å². The van der Waals surface area contributed by atoms with E-state index in [1.54, 1.807) is 32.0 Å². The molecule has 0 aliphatic rings. The van der Waals surface area contributed by atoms with Crippen LogP contribution >= 0.6 is 22.7 Å². The van der Waals surface area contributed by atoms with E-state index >= 15 is 0 Å². The lowest BCUT2D eigenvalue weighted by molar-refractivity contribution is 0.599. The minimum absolute atomic E-state index is 1.30. The second-order valence-electron chi connectivity index (χ2n) is 13.2. The lowest BCUT2D eigenvalue weighted by atomic mass is 9.94. The molecule has 2 aromatic heterocycles. The standard InChI is InChI=1S/C40H70S2/c1-5-9-13-17-21-25-29-35-33-41-39(37(35)31-27-23-19-15-11-7-3)40-38(32-28-24-20-16-12-8-4)36(34-42-40)30-26-22-18-14-10-6-2/h33-34H,5-32H2,1-4H3. The molecule has 2 aromatic rings. The van der Waals surface area contributed by atoms with Gasteiger partial charge in [0, 0.05) is 9.75 Å². The van der Waals surface area contributed by atoms with Crippen LogP contribution in [0.25, 0.3) is 9.75 Å². The molecular formula is C40H70S2. The summed E-state index contributed by atoms with van der Waals surface area (Å²) in [6.07, 6.45) is 38.7. The van der Waals surface area contributed by atoms with Gasteiger partial charge in [0.05, 0.1) is 0 Å². The van der Waals surface area contributed by atoms with Crippen LogP contribution in [0.3, 0.4) is 0 Å². The van der Waals surface area contributed by atoms with Crippen molar-refractivity contribution in [1.82, 2.24) is 0 Å². The van der Waals surface area contributed by atoms with E-state index in [0.717, 1.165) is 0 Å². The molecule has 0 spiro atoms. The summed E-state index contributed by atoms with van der Waals surface area (Å²) in [6.45, 7) is 9.31. The average Bonchev–Trinajstić information content (AvgIpc) is 3.59. The van der Waals surface area contributed by atoms with E-state index in [4.69, 9.17) is 0 Å². The number of hydrogen-bond donors (Lipinski definition) is 0. The van der Waals surface area contributed by atoms with Crippen molar-refractivity contribution in [2.24, 2.45) is 0 Å². The third-order valence-corrected chi connectivity index (χ3v) is 11.6. The van der Waals surface area contributed by atoms with Crippen molar-refractivity contribution in [3.63, 3.8) is 0 Å². The Morgan fingerprint density at radius 2 is 0.595 bits per heavy atom. The van der Waals surface area contributed by atoms with Crippen LogP contribution in [0.15, 0.2) is 10.8 Å². The smallest absolute Gasteiger partial charge is 0.0480 e. The summed E-state index contributed by atoms with van der Waals surface area (Å²) in [4.78, 5) is 3.34. The number of aryl methyl sites for hydroxylation is 2. The van der Waals surface area contributed by atoms with Gasteiger partial charge in [0.25, 0.3) is 0 Å². The molecule has 242 valence electrons. The van der Waals surface area contributed by atoms with Crippen molar-refractivity contribution >= 4 is 22.7 Å². The maximum Gasteiger partial charge on any atom is 0.0480 e. The Bertz CT molecular complexity index is 800. The Hall–Kier alpha value is -0.600. The molecule has 2 heterocycles. The third kappa shape index (κ3) is 15.4. The van der Waals surface area contributed by atoms with Gasteiger partial charge in [0.2, 0.25) is 0 Å². The fourth-order valence-electron chi connectivity index (χ4n) is 6.54. The van der Waals surface area contributed by atoms with E-state index in [9.17, 15) is 0 Å². The maximum atomic E-state index is 2.58. The van der Waals surface area contributed by atoms with E-state index in [1.165, 1.54) is 180 Å². The van der Waals surface area contributed by atoms with Gasteiger partial charge in [-0.2, -0.15) is 0 Å². The van der Waals surface area contributed by atoms with Crippen molar-refractivity contribution in [2.45, 2.75) is 207 Å². The summed E-state index contributed by atoms with van der Waals surface area (Å²) in [5, 5.41) is 5.16. The minimum Gasteiger partial charge on any atom is -0.142 e. The quantitative estimate of drug-likeness (QED) is 0.0800. The van der Waals surface area contributed by atoms with Gasteiger partial charge in [-0.15, -0.1) is 22.7 Å². The van der Waals surface area contributed by atoms with Crippen LogP contribution in [0.4, 0.5) is 0 Å². The molecule has 2 rings (SSSR count). The molecule has 0 saturated carbocycles. The first kappa shape index (κ1) is 37.6. The molecule has 0 nitrogen and oxygen atoms in total. The molecule has 0 unspecified atom stereocenters. The highest BCUT2D eigenvalue weighted by Gasteiger charge is 2.20. The zero-order valence-corrected chi connectivity index (χ0v) is 30.4. The zero-order valence-electron chi connectivity index (χ0n) is 28.8. The van der Waals surface area contributed by atoms with Gasteiger partial charge in [0.15, 0.2) is 0 Å². The van der Waals surface area contributed by atoms with Crippen LogP contribution in [-0.2, 0) is 25.7 Å². The lowest BCUT2D eigenvalue weighted by Gasteiger charge is -2.11. The maximum absolute atomic E-state index is 2.58. The second-order valence-corrected chi connectivity index (χ2v) is 15.0. The normalized spacial score (nSPS) is 11.6. The SMILES string of the molecule is CCCCCCCCc1csc(-c2scc(CCCCCCCC)c2CCCCCCCC)c1CCCCCCCC. The van der Waals surface area contributed by atoms with Crippen molar-refractivity contribution in [1.29, 1.82) is 0 Å². The fraction of sp³-hybridized carbons (Fsp3) is 0.800. The highest BCUT2D eigenvalue weighted by molar-refractivity contribution is 7.20.